The molecule has 0 spiro atoms. The van der Waals surface area contributed by atoms with E-state index in [1.165, 1.54) is 12.1 Å². The average Bonchev–Trinajstić information content (AvgIpc) is 3.19. The topological polar surface area (TPSA) is 58.2 Å². The fourth-order valence-electron chi connectivity index (χ4n) is 2.98. The van der Waals surface area contributed by atoms with E-state index in [9.17, 15) is 14.0 Å². The second kappa shape index (κ2) is 8.07. The summed E-state index contributed by atoms with van der Waals surface area (Å²) in [7, 11) is 0. The molecule has 148 valence electrons. The molecule has 3 rings (SSSR count). The van der Waals surface area contributed by atoms with Crippen molar-refractivity contribution in [2.24, 2.45) is 5.92 Å². The monoisotopic (exact) mass is 462 g/mol. The van der Waals surface area contributed by atoms with Gasteiger partial charge in [-0.3, -0.25) is 9.59 Å². The van der Waals surface area contributed by atoms with Crippen molar-refractivity contribution >= 4 is 69.6 Å². The maximum atomic E-state index is 13.9. The van der Waals surface area contributed by atoms with E-state index in [-0.39, 0.29) is 18.0 Å². The number of hydrogen-bond acceptors (Lipinski definition) is 2. The highest BCUT2D eigenvalue weighted by Crippen LogP contribution is 2.65. The van der Waals surface area contributed by atoms with Crippen LogP contribution in [-0.2, 0) is 9.59 Å². The molecule has 0 aromatic heterocycles. The third-order valence-electron chi connectivity index (χ3n) is 4.41. The van der Waals surface area contributed by atoms with Crippen LogP contribution in [0.2, 0.25) is 10.0 Å². The largest absolute Gasteiger partial charge is 0.326 e. The van der Waals surface area contributed by atoms with E-state index >= 15 is 0 Å². The molecule has 0 bridgehead atoms. The lowest BCUT2D eigenvalue weighted by atomic mass is 10.1. The number of benzene rings is 2. The predicted molar refractivity (Wildman–Crippen MR) is 111 cm³/mol. The fourth-order valence-corrected chi connectivity index (χ4v) is 4.35. The molecule has 1 saturated carbocycles. The molecule has 9 heteroatoms. The Morgan fingerprint density at radius 2 is 1.71 bits per heavy atom. The number of anilines is 2. The van der Waals surface area contributed by atoms with Crippen LogP contribution in [-0.4, -0.2) is 16.1 Å². The molecule has 0 saturated heterocycles. The number of rotatable bonds is 5. The molecule has 28 heavy (non-hydrogen) atoms. The van der Waals surface area contributed by atoms with Crippen LogP contribution in [0, 0.1) is 11.7 Å². The molecule has 2 amide bonds. The van der Waals surface area contributed by atoms with Gasteiger partial charge < -0.3 is 10.6 Å². The number of amides is 2. The first-order chi connectivity index (χ1) is 13.1. The number of nitrogens with one attached hydrogen (secondary N) is 2. The average molecular weight is 464 g/mol. The van der Waals surface area contributed by atoms with Crippen molar-refractivity contribution in [3.63, 3.8) is 0 Å². The van der Waals surface area contributed by atoms with E-state index in [1.807, 2.05) is 0 Å². The summed E-state index contributed by atoms with van der Waals surface area (Å²) in [4.78, 5) is 24.2. The molecule has 2 N–H and O–H groups in total. The minimum atomic E-state index is -1.32. The van der Waals surface area contributed by atoms with Gasteiger partial charge in [0.1, 0.15) is 10.2 Å². The maximum Gasteiger partial charge on any atom is 0.231 e. The van der Waals surface area contributed by atoms with Gasteiger partial charge in [-0.05, 0) is 42.0 Å². The molecule has 0 heterocycles. The van der Waals surface area contributed by atoms with Crippen molar-refractivity contribution in [3.8, 4) is 0 Å². The molecular formula is C19H15Cl4FN2O2. The summed E-state index contributed by atoms with van der Waals surface area (Å²) in [6.07, 6.45) is 0.197. The van der Waals surface area contributed by atoms with Gasteiger partial charge in [0, 0.05) is 28.1 Å². The summed E-state index contributed by atoms with van der Waals surface area (Å²) < 4.78 is 12.5. The zero-order chi connectivity index (χ0) is 20.6. The van der Waals surface area contributed by atoms with Crippen LogP contribution in [0.4, 0.5) is 15.8 Å². The van der Waals surface area contributed by atoms with Gasteiger partial charge in [-0.1, -0.05) is 30.1 Å². The van der Waals surface area contributed by atoms with Gasteiger partial charge >= 0.3 is 0 Å². The number of alkyl halides is 2. The van der Waals surface area contributed by atoms with E-state index in [2.05, 4.69) is 10.6 Å². The molecular weight excluding hydrogens is 449 g/mol. The fraction of sp³-hybridized carbons (Fsp3) is 0.263. The Morgan fingerprint density at radius 1 is 1.07 bits per heavy atom. The molecule has 2 aromatic rings. The minimum Gasteiger partial charge on any atom is -0.326 e. The standard InChI is InChI=1S/C19H15Cl4FN2O2/c1-2-15(27)26-14-8-12(3-4-13(14)24)25-18(28)17-16(19(17,22)23)9-5-10(20)7-11(21)6-9/h3-8,16-17H,2H2,1H3,(H,25,28)(H,26,27). The Balaban J connectivity index is 1.78. The van der Waals surface area contributed by atoms with Crippen molar-refractivity contribution in [2.45, 2.75) is 23.6 Å². The summed E-state index contributed by atoms with van der Waals surface area (Å²) in [5.41, 5.74) is 0.927. The van der Waals surface area contributed by atoms with Crippen LogP contribution in [0.3, 0.4) is 0 Å². The van der Waals surface area contributed by atoms with Crippen molar-refractivity contribution in [1.29, 1.82) is 0 Å². The van der Waals surface area contributed by atoms with Gasteiger partial charge in [0.2, 0.25) is 11.8 Å². The van der Waals surface area contributed by atoms with Gasteiger partial charge in [0.25, 0.3) is 0 Å². The van der Waals surface area contributed by atoms with Gasteiger partial charge in [0.15, 0.2) is 0 Å². The Morgan fingerprint density at radius 3 is 2.32 bits per heavy atom. The Bertz CT molecular complexity index is 931. The van der Waals surface area contributed by atoms with Crippen LogP contribution in [0.1, 0.15) is 24.8 Å². The number of hydrogen-bond donors (Lipinski definition) is 2. The van der Waals surface area contributed by atoms with E-state index in [0.29, 0.717) is 21.3 Å². The van der Waals surface area contributed by atoms with Crippen molar-refractivity contribution < 1.29 is 14.0 Å². The smallest absolute Gasteiger partial charge is 0.231 e. The molecule has 2 unspecified atom stereocenters. The van der Waals surface area contributed by atoms with Gasteiger partial charge in [-0.15, -0.1) is 23.2 Å². The lowest BCUT2D eigenvalue weighted by Crippen LogP contribution is -2.18. The number of carbonyl (C=O) groups excluding carboxylic acids is 2. The molecule has 4 nitrogen and oxygen atoms in total. The highest BCUT2D eigenvalue weighted by atomic mass is 35.5. The van der Waals surface area contributed by atoms with E-state index in [0.717, 1.165) is 6.07 Å². The summed E-state index contributed by atoms with van der Waals surface area (Å²) in [5.74, 6) is -2.63. The number of carbonyl (C=O) groups is 2. The molecule has 0 radical (unpaired) electrons. The SMILES string of the molecule is CCC(=O)Nc1cc(NC(=O)C2C(c3cc(Cl)cc(Cl)c3)C2(Cl)Cl)ccc1F. The summed E-state index contributed by atoms with van der Waals surface area (Å²) in [6, 6.07) is 8.74. The Labute approximate surface area is 181 Å². The van der Waals surface area contributed by atoms with Gasteiger partial charge in [-0.2, -0.15) is 0 Å². The van der Waals surface area contributed by atoms with Crippen molar-refractivity contribution in [1.82, 2.24) is 0 Å². The van der Waals surface area contributed by atoms with Crippen LogP contribution < -0.4 is 10.6 Å². The molecule has 2 atom stereocenters. The quantitative estimate of drug-likeness (QED) is 0.533. The summed E-state index contributed by atoms with van der Waals surface area (Å²) >= 11 is 24.7. The third kappa shape index (κ3) is 4.38. The molecule has 1 fully saturated rings. The maximum absolute atomic E-state index is 13.9. The van der Waals surface area contributed by atoms with E-state index in [4.69, 9.17) is 46.4 Å². The van der Waals surface area contributed by atoms with Gasteiger partial charge in [0.05, 0.1) is 11.6 Å². The first-order valence-corrected chi connectivity index (χ1v) is 9.88. The zero-order valence-corrected chi connectivity index (χ0v) is 17.6. The van der Waals surface area contributed by atoms with Crippen molar-refractivity contribution in [2.75, 3.05) is 10.6 Å². The third-order valence-corrected chi connectivity index (χ3v) is 5.79. The lowest BCUT2D eigenvalue weighted by molar-refractivity contribution is -0.117. The molecule has 0 aliphatic heterocycles. The van der Waals surface area contributed by atoms with Crippen LogP contribution in [0.15, 0.2) is 36.4 Å². The first kappa shape index (κ1) is 21.2. The highest BCUT2D eigenvalue weighted by Gasteiger charge is 2.67. The first-order valence-electron chi connectivity index (χ1n) is 8.37. The van der Waals surface area contributed by atoms with Crippen LogP contribution in [0.5, 0.6) is 0 Å². The summed E-state index contributed by atoms with van der Waals surface area (Å²) in [5, 5.41) is 5.91. The molecule has 2 aromatic carbocycles. The van der Waals surface area contributed by atoms with E-state index < -0.39 is 27.9 Å². The number of halogens is 5. The minimum absolute atomic E-state index is 0.0263. The normalized spacial score (nSPS) is 19.8. The molecule has 1 aliphatic rings. The van der Waals surface area contributed by atoms with Gasteiger partial charge in [-0.25, -0.2) is 4.39 Å². The highest BCUT2D eigenvalue weighted by molar-refractivity contribution is 6.53. The lowest BCUT2D eigenvalue weighted by Gasteiger charge is -2.09. The van der Waals surface area contributed by atoms with Crippen LogP contribution in [0.25, 0.3) is 0 Å². The predicted octanol–water partition coefficient (Wildman–Crippen LogP) is 6.01. The molecule has 1 aliphatic carbocycles. The zero-order valence-electron chi connectivity index (χ0n) is 14.5. The Kier molecular flexibility index (Phi) is 6.11. The second-order valence-electron chi connectivity index (χ2n) is 6.42. The van der Waals surface area contributed by atoms with E-state index in [1.54, 1.807) is 25.1 Å². The van der Waals surface area contributed by atoms with Crippen molar-refractivity contribution in [3.05, 3.63) is 57.8 Å². The Hall–Kier alpha value is -1.53. The summed E-state index contributed by atoms with van der Waals surface area (Å²) in [6.45, 7) is 1.65. The second-order valence-corrected chi connectivity index (χ2v) is 8.74. The van der Waals surface area contributed by atoms with Crippen LogP contribution >= 0.6 is 46.4 Å².